The molecule has 1 aliphatic heterocycles. The zero-order valence-corrected chi connectivity index (χ0v) is 12.9. The average molecular weight is 347 g/mol. The van der Waals surface area contributed by atoms with Gasteiger partial charge in [-0.2, -0.15) is 0 Å². The van der Waals surface area contributed by atoms with Gasteiger partial charge in [-0.1, -0.05) is 12.1 Å². The predicted molar refractivity (Wildman–Crippen MR) is 80.5 cm³/mol. The summed E-state index contributed by atoms with van der Waals surface area (Å²) in [5, 5.41) is 9.23. The van der Waals surface area contributed by atoms with Crippen LogP contribution in [0.3, 0.4) is 0 Å². The molecule has 0 atom stereocenters. The van der Waals surface area contributed by atoms with Gasteiger partial charge in [-0.3, -0.25) is 14.5 Å². The van der Waals surface area contributed by atoms with Crippen molar-refractivity contribution in [2.24, 2.45) is 0 Å². The van der Waals surface area contributed by atoms with Gasteiger partial charge in [0.1, 0.15) is 5.56 Å². The number of amides is 2. The Balaban J connectivity index is 2.06. The number of methoxy groups -OCH3 is 1. The van der Waals surface area contributed by atoms with Crippen molar-refractivity contribution in [1.29, 1.82) is 0 Å². The van der Waals surface area contributed by atoms with Gasteiger partial charge in [-0.15, -0.1) is 0 Å². The molecule has 25 heavy (non-hydrogen) atoms. The summed E-state index contributed by atoms with van der Waals surface area (Å²) in [6.07, 6.45) is 0. The number of imide groups is 1. The van der Waals surface area contributed by atoms with Crippen LogP contribution < -0.4 is 4.74 Å². The fourth-order valence-corrected chi connectivity index (χ4v) is 2.75. The van der Waals surface area contributed by atoms with Gasteiger partial charge >= 0.3 is 5.97 Å². The van der Waals surface area contributed by atoms with E-state index in [1.165, 1.54) is 12.1 Å². The van der Waals surface area contributed by atoms with E-state index in [-0.39, 0.29) is 16.7 Å². The zero-order chi connectivity index (χ0) is 18.3. The van der Waals surface area contributed by atoms with Gasteiger partial charge in [0.15, 0.2) is 17.4 Å². The van der Waals surface area contributed by atoms with Gasteiger partial charge in [0.05, 0.1) is 24.8 Å². The molecule has 2 aromatic carbocycles. The summed E-state index contributed by atoms with van der Waals surface area (Å²) < 4.78 is 32.7. The number of hydrogen-bond acceptors (Lipinski definition) is 4. The molecule has 6 nitrogen and oxygen atoms in total. The van der Waals surface area contributed by atoms with Crippen LogP contribution in [0.4, 0.5) is 8.78 Å². The Hall–Kier alpha value is -3.29. The van der Waals surface area contributed by atoms with Crippen LogP contribution in [0.2, 0.25) is 0 Å². The number of carbonyl (C=O) groups excluding carboxylic acids is 2. The molecule has 2 amide bonds. The highest BCUT2D eigenvalue weighted by Gasteiger charge is 2.36. The molecule has 8 heteroatoms. The number of carboxylic acid groups (broad SMARTS) is 1. The van der Waals surface area contributed by atoms with E-state index in [0.29, 0.717) is 0 Å². The molecule has 0 bridgehead atoms. The Bertz CT molecular complexity index is 890. The maximum atomic E-state index is 14.2. The molecule has 0 fully saturated rings. The summed E-state index contributed by atoms with van der Waals surface area (Å²) in [4.78, 5) is 36.8. The second kappa shape index (κ2) is 5.97. The van der Waals surface area contributed by atoms with Crippen molar-refractivity contribution in [3.63, 3.8) is 0 Å². The highest BCUT2D eigenvalue weighted by molar-refractivity contribution is 6.21. The maximum Gasteiger partial charge on any atom is 0.339 e. The number of halogens is 2. The highest BCUT2D eigenvalue weighted by atomic mass is 19.1. The maximum absolute atomic E-state index is 14.2. The number of fused-ring (bicyclic) bond motifs is 1. The molecule has 0 aliphatic carbocycles. The van der Waals surface area contributed by atoms with E-state index in [1.54, 1.807) is 12.1 Å². The molecule has 1 aliphatic rings. The topological polar surface area (TPSA) is 83.9 Å². The first-order chi connectivity index (χ1) is 11.9. The number of ether oxygens (including phenoxy) is 1. The minimum absolute atomic E-state index is 0.152. The Morgan fingerprint density at radius 2 is 1.72 bits per heavy atom. The molecule has 1 heterocycles. The molecule has 0 unspecified atom stereocenters. The van der Waals surface area contributed by atoms with Crippen molar-refractivity contribution in [2.75, 3.05) is 7.11 Å². The molecule has 2 aromatic rings. The summed E-state index contributed by atoms with van der Waals surface area (Å²) in [6.45, 7) is -0.578. The highest BCUT2D eigenvalue weighted by Crippen LogP contribution is 2.30. The fourth-order valence-electron chi connectivity index (χ4n) is 2.75. The Labute approximate surface area is 140 Å². The van der Waals surface area contributed by atoms with E-state index in [0.717, 1.165) is 18.1 Å². The third-order valence-electron chi connectivity index (χ3n) is 3.88. The fraction of sp³-hybridized carbons (Fsp3) is 0.118. The van der Waals surface area contributed by atoms with Gasteiger partial charge in [-0.05, 0) is 23.8 Å². The van der Waals surface area contributed by atoms with Crippen molar-refractivity contribution in [1.82, 2.24) is 4.90 Å². The summed E-state index contributed by atoms with van der Waals surface area (Å²) in [5.74, 6) is -6.36. The predicted octanol–water partition coefficient (Wildman–Crippen LogP) is 2.47. The number of carboxylic acids is 1. The van der Waals surface area contributed by atoms with Crippen molar-refractivity contribution in [3.8, 4) is 5.75 Å². The number of rotatable bonds is 4. The number of benzene rings is 2. The number of hydrogen-bond donors (Lipinski definition) is 1. The minimum atomic E-state index is -1.66. The Kier molecular flexibility index (Phi) is 3.96. The summed E-state index contributed by atoms with van der Waals surface area (Å²) in [6, 6.07) is 6.78. The van der Waals surface area contributed by atoms with E-state index in [1.807, 2.05) is 0 Å². The lowest BCUT2D eigenvalue weighted by Gasteiger charge is -2.17. The van der Waals surface area contributed by atoms with E-state index < -0.39 is 47.3 Å². The lowest BCUT2D eigenvalue weighted by molar-refractivity contribution is 0.0625. The summed E-state index contributed by atoms with van der Waals surface area (Å²) >= 11 is 0. The molecular weight excluding hydrogens is 336 g/mol. The number of nitrogens with zero attached hydrogens (tertiary/aromatic N) is 1. The largest absolute Gasteiger partial charge is 0.491 e. The van der Waals surface area contributed by atoms with Crippen LogP contribution in [0.25, 0.3) is 0 Å². The second-order valence-electron chi connectivity index (χ2n) is 5.29. The van der Waals surface area contributed by atoms with Crippen molar-refractivity contribution >= 4 is 17.8 Å². The van der Waals surface area contributed by atoms with Crippen molar-refractivity contribution in [3.05, 3.63) is 64.2 Å². The van der Waals surface area contributed by atoms with Crippen LogP contribution in [0.15, 0.2) is 30.3 Å². The second-order valence-corrected chi connectivity index (χ2v) is 5.29. The van der Waals surface area contributed by atoms with Gasteiger partial charge < -0.3 is 9.84 Å². The van der Waals surface area contributed by atoms with Crippen LogP contribution in [-0.2, 0) is 6.54 Å². The lowest BCUT2D eigenvalue weighted by atomic mass is 10.0. The summed E-state index contributed by atoms with van der Waals surface area (Å²) in [5.41, 5.74) is -0.898. The minimum Gasteiger partial charge on any atom is -0.491 e. The van der Waals surface area contributed by atoms with Crippen LogP contribution in [0.5, 0.6) is 5.75 Å². The van der Waals surface area contributed by atoms with Crippen molar-refractivity contribution in [2.45, 2.75) is 6.54 Å². The van der Waals surface area contributed by atoms with Gasteiger partial charge in [-0.25, -0.2) is 13.6 Å². The van der Waals surface area contributed by atoms with Crippen molar-refractivity contribution < 1.29 is 33.0 Å². The van der Waals surface area contributed by atoms with Gasteiger partial charge in [0, 0.05) is 0 Å². The van der Waals surface area contributed by atoms with E-state index in [9.17, 15) is 28.3 Å². The summed E-state index contributed by atoms with van der Waals surface area (Å²) in [7, 11) is 0.997. The third-order valence-corrected chi connectivity index (χ3v) is 3.88. The van der Waals surface area contributed by atoms with Crippen LogP contribution in [-0.4, -0.2) is 34.9 Å². The molecule has 1 N–H and O–H groups in total. The van der Waals surface area contributed by atoms with Crippen LogP contribution >= 0.6 is 0 Å². The molecule has 0 saturated carbocycles. The number of aromatic carboxylic acids is 1. The smallest absolute Gasteiger partial charge is 0.339 e. The molecule has 0 saturated heterocycles. The molecule has 3 rings (SSSR count). The molecule has 0 aromatic heterocycles. The number of carbonyl (C=O) groups is 3. The normalized spacial score (nSPS) is 13.2. The van der Waals surface area contributed by atoms with Crippen LogP contribution in [0.1, 0.15) is 36.6 Å². The Morgan fingerprint density at radius 3 is 2.20 bits per heavy atom. The molecular formula is C17H11F2NO5. The lowest BCUT2D eigenvalue weighted by Crippen LogP contribution is -2.30. The van der Waals surface area contributed by atoms with Gasteiger partial charge in [0.25, 0.3) is 11.8 Å². The van der Waals surface area contributed by atoms with Crippen LogP contribution in [0, 0.1) is 11.6 Å². The average Bonchev–Trinajstić information content (AvgIpc) is 2.80. The van der Waals surface area contributed by atoms with E-state index in [4.69, 9.17) is 0 Å². The zero-order valence-electron chi connectivity index (χ0n) is 12.9. The standard InChI is InChI=1S/C17H11F2NO5/c1-25-14-11(18)6-8(12(13(14)19)17(23)24)7-20-15(21)9-4-2-3-5-10(9)16(20)22/h2-6H,7H2,1H3,(H,23,24). The first-order valence-corrected chi connectivity index (χ1v) is 7.10. The SMILES string of the molecule is COc1c(F)cc(CN2C(=O)c3ccccc3C2=O)c(C(=O)O)c1F. The third kappa shape index (κ3) is 2.51. The quantitative estimate of drug-likeness (QED) is 0.859. The molecule has 128 valence electrons. The molecule has 0 radical (unpaired) electrons. The molecule has 0 spiro atoms. The van der Waals surface area contributed by atoms with E-state index >= 15 is 0 Å². The monoisotopic (exact) mass is 347 g/mol. The Morgan fingerprint density at radius 1 is 1.16 bits per heavy atom. The first kappa shape index (κ1) is 16.6. The first-order valence-electron chi connectivity index (χ1n) is 7.10. The van der Waals surface area contributed by atoms with E-state index in [2.05, 4.69) is 4.74 Å². The van der Waals surface area contributed by atoms with Gasteiger partial charge in [0.2, 0.25) is 0 Å².